The summed E-state index contributed by atoms with van der Waals surface area (Å²) >= 11 is 1.83. The Balaban J connectivity index is 1.65. The maximum Gasteiger partial charge on any atom is 0.407 e. The molecule has 2 rings (SSSR count). The Morgan fingerprint density at radius 2 is 1.89 bits per heavy atom. The van der Waals surface area contributed by atoms with Crippen molar-refractivity contribution in [3.8, 4) is 0 Å². The molecule has 28 heavy (non-hydrogen) atoms. The first kappa shape index (κ1) is 22.9. The lowest BCUT2D eigenvalue weighted by molar-refractivity contribution is 0.0531. The summed E-state index contributed by atoms with van der Waals surface area (Å²) in [5, 5.41) is 5.19. The highest BCUT2D eigenvalue weighted by Crippen LogP contribution is 2.34. The zero-order valence-corrected chi connectivity index (χ0v) is 19.1. The number of rotatable bonds is 9. The van der Waals surface area contributed by atoms with Crippen molar-refractivity contribution in [3.63, 3.8) is 0 Å². The molecule has 0 fully saturated rings. The predicted octanol–water partition coefficient (Wildman–Crippen LogP) is 5.46. The molecule has 5 nitrogen and oxygen atoms in total. The standard InChI is InChI=1S/C20H27N3O2S3/c1-15(26-12-11-22-19(24)25-20(2,3)4)13-16-8-9-18(23-14-16)28-27-17-7-5-6-10-21-17/h5-10,14-15H,11-13H2,1-4H3,(H,22,24). The quantitative estimate of drug-likeness (QED) is 0.412. The number of hydrogen-bond donors (Lipinski definition) is 1. The van der Waals surface area contributed by atoms with Gasteiger partial charge in [-0.2, -0.15) is 11.8 Å². The molecule has 1 unspecified atom stereocenters. The molecule has 0 saturated carbocycles. The second-order valence-electron chi connectivity index (χ2n) is 7.15. The number of ether oxygens (including phenoxy) is 1. The van der Waals surface area contributed by atoms with Gasteiger partial charge in [-0.05, 0) is 72.5 Å². The third-order valence-electron chi connectivity index (χ3n) is 3.34. The minimum atomic E-state index is -0.460. The van der Waals surface area contributed by atoms with Crippen molar-refractivity contribution in [3.05, 3.63) is 48.3 Å². The minimum Gasteiger partial charge on any atom is -0.444 e. The molecule has 0 aliphatic carbocycles. The first-order chi connectivity index (χ1) is 13.3. The van der Waals surface area contributed by atoms with Gasteiger partial charge in [0.05, 0.1) is 0 Å². The molecule has 8 heteroatoms. The second-order valence-corrected chi connectivity index (χ2v) is 10.9. The molecule has 1 N–H and O–H groups in total. The van der Waals surface area contributed by atoms with Crippen LogP contribution in [0, 0.1) is 0 Å². The van der Waals surface area contributed by atoms with E-state index in [0.717, 1.165) is 22.2 Å². The van der Waals surface area contributed by atoms with Gasteiger partial charge in [0.2, 0.25) is 0 Å². The summed E-state index contributed by atoms with van der Waals surface area (Å²) in [6.07, 6.45) is 4.32. The number of carbonyl (C=O) groups excluding carboxylic acids is 1. The van der Waals surface area contributed by atoms with E-state index in [4.69, 9.17) is 4.74 Å². The van der Waals surface area contributed by atoms with E-state index >= 15 is 0 Å². The lowest BCUT2D eigenvalue weighted by atomic mass is 10.2. The van der Waals surface area contributed by atoms with E-state index in [0.29, 0.717) is 11.8 Å². The van der Waals surface area contributed by atoms with E-state index in [-0.39, 0.29) is 6.09 Å². The summed E-state index contributed by atoms with van der Waals surface area (Å²) in [5.74, 6) is 0.850. The highest BCUT2D eigenvalue weighted by Gasteiger charge is 2.15. The maximum atomic E-state index is 11.6. The molecule has 2 aromatic heterocycles. The van der Waals surface area contributed by atoms with Crippen LogP contribution in [0.4, 0.5) is 4.79 Å². The summed E-state index contributed by atoms with van der Waals surface area (Å²) in [6.45, 7) is 8.37. The van der Waals surface area contributed by atoms with Gasteiger partial charge in [-0.25, -0.2) is 14.8 Å². The first-order valence-electron chi connectivity index (χ1n) is 9.11. The van der Waals surface area contributed by atoms with Crippen LogP contribution in [0.2, 0.25) is 0 Å². The van der Waals surface area contributed by atoms with Gasteiger partial charge < -0.3 is 10.1 Å². The van der Waals surface area contributed by atoms with Crippen molar-refractivity contribution in [1.29, 1.82) is 0 Å². The van der Waals surface area contributed by atoms with Crippen LogP contribution in [0.5, 0.6) is 0 Å². The fraction of sp³-hybridized carbons (Fsp3) is 0.450. The number of pyridine rings is 2. The van der Waals surface area contributed by atoms with Crippen LogP contribution in [-0.2, 0) is 11.2 Å². The summed E-state index contributed by atoms with van der Waals surface area (Å²) in [4.78, 5) is 20.4. The fourth-order valence-electron chi connectivity index (χ4n) is 2.18. The zero-order valence-electron chi connectivity index (χ0n) is 16.7. The van der Waals surface area contributed by atoms with Crippen LogP contribution in [0.3, 0.4) is 0 Å². The molecule has 2 heterocycles. The smallest absolute Gasteiger partial charge is 0.407 e. The van der Waals surface area contributed by atoms with Gasteiger partial charge in [0, 0.05) is 29.9 Å². The van der Waals surface area contributed by atoms with Gasteiger partial charge in [-0.1, -0.05) is 19.1 Å². The van der Waals surface area contributed by atoms with Crippen LogP contribution in [-0.4, -0.2) is 39.2 Å². The van der Waals surface area contributed by atoms with E-state index in [1.165, 1.54) is 5.56 Å². The Bertz CT molecular complexity index is 722. The normalized spacial score (nSPS) is 12.4. The topological polar surface area (TPSA) is 64.1 Å². The van der Waals surface area contributed by atoms with Crippen molar-refractivity contribution >= 4 is 39.4 Å². The van der Waals surface area contributed by atoms with E-state index in [9.17, 15) is 4.79 Å². The van der Waals surface area contributed by atoms with E-state index in [2.05, 4.69) is 34.3 Å². The summed E-state index contributed by atoms with van der Waals surface area (Å²) in [7, 11) is 3.22. The molecule has 1 amide bonds. The van der Waals surface area contributed by atoms with E-state index in [1.54, 1.807) is 27.8 Å². The fourth-order valence-corrected chi connectivity index (χ4v) is 4.85. The predicted molar refractivity (Wildman–Crippen MR) is 120 cm³/mol. The highest BCUT2D eigenvalue weighted by atomic mass is 33.1. The van der Waals surface area contributed by atoms with Crippen molar-refractivity contribution in [2.75, 3.05) is 12.3 Å². The SMILES string of the molecule is CC(Cc1ccc(SSc2ccccn2)nc1)SCCNC(=O)OC(C)(C)C. The van der Waals surface area contributed by atoms with Crippen LogP contribution in [0.25, 0.3) is 0 Å². The Morgan fingerprint density at radius 1 is 1.14 bits per heavy atom. The van der Waals surface area contributed by atoms with Crippen molar-refractivity contribution in [2.45, 2.75) is 55.0 Å². The molecule has 0 saturated heterocycles. The molecule has 0 spiro atoms. The molecule has 0 bridgehead atoms. The lowest BCUT2D eigenvalue weighted by Crippen LogP contribution is -2.33. The Morgan fingerprint density at radius 3 is 2.50 bits per heavy atom. The van der Waals surface area contributed by atoms with Gasteiger partial charge >= 0.3 is 6.09 Å². The Hall–Kier alpha value is -1.38. The number of amides is 1. The molecule has 2 aromatic rings. The zero-order chi connectivity index (χ0) is 20.4. The average molecular weight is 438 g/mol. The van der Waals surface area contributed by atoms with Crippen molar-refractivity contribution < 1.29 is 9.53 Å². The number of nitrogens with zero attached hydrogens (tertiary/aromatic N) is 2. The third kappa shape index (κ3) is 9.71. The lowest BCUT2D eigenvalue weighted by Gasteiger charge is -2.19. The van der Waals surface area contributed by atoms with E-state index < -0.39 is 5.60 Å². The Labute approximate surface area is 179 Å². The third-order valence-corrected chi connectivity index (χ3v) is 6.70. The van der Waals surface area contributed by atoms with Crippen molar-refractivity contribution in [2.24, 2.45) is 0 Å². The van der Waals surface area contributed by atoms with Gasteiger partial charge in [0.15, 0.2) is 0 Å². The molecule has 152 valence electrons. The van der Waals surface area contributed by atoms with Gasteiger partial charge in [-0.15, -0.1) is 0 Å². The van der Waals surface area contributed by atoms with Crippen LogP contribution in [0.1, 0.15) is 33.3 Å². The van der Waals surface area contributed by atoms with Gasteiger partial charge in [0.1, 0.15) is 15.7 Å². The first-order valence-corrected chi connectivity index (χ1v) is 12.3. The summed E-state index contributed by atoms with van der Waals surface area (Å²) in [5.41, 5.74) is 0.755. The van der Waals surface area contributed by atoms with Crippen LogP contribution >= 0.6 is 33.3 Å². The molecular formula is C20H27N3O2S3. The highest BCUT2D eigenvalue weighted by molar-refractivity contribution is 8.76. The summed E-state index contributed by atoms with van der Waals surface area (Å²) < 4.78 is 5.22. The van der Waals surface area contributed by atoms with Crippen LogP contribution < -0.4 is 5.32 Å². The number of alkyl carbamates (subject to hydrolysis) is 1. The number of thioether (sulfide) groups is 1. The monoisotopic (exact) mass is 437 g/mol. The molecule has 0 aromatic carbocycles. The molecule has 0 aliphatic heterocycles. The average Bonchev–Trinajstić information content (AvgIpc) is 2.64. The largest absolute Gasteiger partial charge is 0.444 e. The number of nitrogens with one attached hydrogen (secondary N) is 1. The maximum absolute atomic E-state index is 11.6. The number of hydrogen-bond acceptors (Lipinski definition) is 7. The molecule has 0 aliphatic rings. The number of aromatic nitrogens is 2. The molecular weight excluding hydrogens is 410 g/mol. The molecule has 1 atom stereocenters. The van der Waals surface area contributed by atoms with Crippen LogP contribution in [0.15, 0.2) is 52.8 Å². The minimum absolute atomic E-state index is 0.360. The number of carbonyl (C=O) groups is 1. The Kier molecular flexibility index (Phi) is 9.47. The second kappa shape index (κ2) is 11.6. The van der Waals surface area contributed by atoms with E-state index in [1.807, 2.05) is 56.9 Å². The van der Waals surface area contributed by atoms with Gasteiger partial charge in [0.25, 0.3) is 0 Å². The summed E-state index contributed by atoms with van der Waals surface area (Å²) in [6, 6.07) is 10.1. The van der Waals surface area contributed by atoms with Crippen molar-refractivity contribution in [1.82, 2.24) is 15.3 Å². The van der Waals surface area contributed by atoms with Gasteiger partial charge in [-0.3, -0.25) is 0 Å². The molecule has 0 radical (unpaired) electrons.